The van der Waals surface area contributed by atoms with E-state index in [2.05, 4.69) is 151 Å². The highest BCUT2D eigenvalue weighted by Gasteiger charge is 2.25. The summed E-state index contributed by atoms with van der Waals surface area (Å²) in [5, 5.41) is 12.7. The molecule has 0 aliphatic rings. The van der Waals surface area contributed by atoms with Gasteiger partial charge in [-0.2, -0.15) is 0 Å². The number of para-hydroxylation sites is 2. The summed E-state index contributed by atoms with van der Waals surface area (Å²) in [6, 6.07) is 37.3. The van der Waals surface area contributed by atoms with Crippen LogP contribution in [0.5, 0.6) is 5.75 Å². The van der Waals surface area contributed by atoms with E-state index in [1.54, 1.807) is 0 Å². The molecule has 0 atom stereocenters. The Hall–Kier alpha value is -6.00. The van der Waals surface area contributed by atoms with Gasteiger partial charge in [0.05, 0.1) is 27.8 Å². The Kier molecular flexibility index (Phi) is 8.73. The van der Waals surface area contributed by atoms with Crippen molar-refractivity contribution in [2.24, 2.45) is 0 Å². The molecule has 268 valence electrons. The summed E-state index contributed by atoms with van der Waals surface area (Å²) >= 11 is 0. The Morgan fingerprint density at radius 1 is 0.537 bits per heavy atom. The highest BCUT2D eigenvalue weighted by atomic mass is 16.3. The standard InChI is InChI=1S/C50H47N3O/c1-28(2)40-26-41(37-23-29(3)19-30(4)24-37)43(38-15-10-13-36-14-12-18-51-46(36)38)27-42(40)39-16-11-17-45-47(39)52-50(44-25-32(6)22-35(9)49(44)54)53(45)48-33(7)20-31(5)21-34(48)8/h10-28,54H,1-9H3. The molecule has 4 heteroatoms. The van der Waals surface area contributed by atoms with Gasteiger partial charge in [0.2, 0.25) is 0 Å². The summed E-state index contributed by atoms with van der Waals surface area (Å²) in [5.74, 6) is 1.21. The molecule has 4 nitrogen and oxygen atoms in total. The molecule has 0 saturated carbocycles. The van der Waals surface area contributed by atoms with Gasteiger partial charge >= 0.3 is 0 Å². The lowest BCUT2D eigenvalue weighted by molar-refractivity contribution is 0.472. The van der Waals surface area contributed by atoms with Crippen LogP contribution in [0.2, 0.25) is 0 Å². The Morgan fingerprint density at radius 3 is 1.85 bits per heavy atom. The van der Waals surface area contributed by atoms with E-state index >= 15 is 0 Å². The van der Waals surface area contributed by atoms with Crippen LogP contribution < -0.4 is 0 Å². The topological polar surface area (TPSA) is 50.9 Å². The fourth-order valence-electron chi connectivity index (χ4n) is 8.62. The monoisotopic (exact) mass is 705 g/mol. The number of nitrogens with zero attached hydrogens (tertiary/aromatic N) is 3. The predicted octanol–water partition coefficient (Wildman–Crippen LogP) is 13.2. The summed E-state index contributed by atoms with van der Waals surface area (Å²) in [4.78, 5) is 10.5. The van der Waals surface area contributed by atoms with Gasteiger partial charge in [-0.3, -0.25) is 9.55 Å². The number of phenolic OH excluding ortho intramolecular Hbond substituents is 1. The molecular formula is C50H47N3O. The SMILES string of the molecule is Cc1cc(C)cc(-c2cc(C(C)C)c(-c3cccc4c3nc(-c3cc(C)cc(C)c3O)n4-c3c(C)cc(C)cc3C)cc2-c2cccc3cccnc23)c1. The molecule has 0 saturated heterocycles. The second kappa shape index (κ2) is 13.4. The molecule has 0 bridgehead atoms. The van der Waals surface area contributed by atoms with Crippen LogP contribution in [0.25, 0.3) is 72.4 Å². The fourth-order valence-corrected chi connectivity index (χ4v) is 8.62. The number of phenols is 1. The van der Waals surface area contributed by atoms with E-state index in [0.717, 1.165) is 83.5 Å². The van der Waals surface area contributed by atoms with Crippen LogP contribution in [0.1, 0.15) is 64.3 Å². The maximum atomic E-state index is 11.6. The van der Waals surface area contributed by atoms with Gasteiger partial charge < -0.3 is 5.11 Å². The van der Waals surface area contributed by atoms with Crippen molar-refractivity contribution in [3.8, 4) is 56.2 Å². The molecular weight excluding hydrogens is 659 g/mol. The molecule has 0 amide bonds. The maximum absolute atomic E-state index is 11.6. The van der Waals surface area contributed by atoms with Crippen molar-refractivity contribution in [2.45, 2.75) is 68.2 Å². The van der Waals surface area contributed by atoms with Crippen molar-refractivity contribution >= 4 is 21.9 Å². The molecule has 0 radical (unpaired) electrons. The van der Waals surface area contributed by atoms with Crippen LogP contribution >= 0.6 is 0 Å². The Balaban J connectivity index is 1.50. The Bertz CT molecular complexity index is 2740. The Labute approximate surface area is 318 Å². The summed E-state index contributed by atoms with van der Waals surface area (Å²) in [7, 11) is 0. The van der Waals surface area contributed by atoms with E-state index in [0.29, 0.717) is 0 Å². The minimum absolute atomic E-state index is 0.228. The third kappa shape index (κ3) is 5.96. The first-order chi connectivity index (χ1) is 25.9. The van der Waals surface area contributed by atoms with Crippen LogP contribution in [0, 0.1) is 48.5 Å². The number of pyridine rings is 1. The lowest BCUT2D eigenvalue weighted by atomic mass is 9.83. The van der Waals surface area contributed by atoms with E-state index < -0.39 is 0 Å². The van der Waals surface area contributed by atoms with Crippen LogP contribution in [0.4, 0.5) is 0 Å². The maximum Gasteiger partial charge on any atom is 0.149 e. The second-order valence-electron chi connectivity index (χ2n) is 15.6. The lowest BCUT2D eigenvalue weighted by Gasteiger charge is -2.21. The van der Waals surface area contributed by atoms with Gasteiger partial charge in [-0.15, -0.1) is 0 Å². The summed E-state index contributed by atoms with van der Waals surface area (Å²) < 4.78 is 2.27. The van der Waals surface area contributed by atoms with Crippen LogP contribution in [0.15, 0.2) is 109 Å². The molecule has 0 aliphatic carbocycles. The van der Waals surface area contributed by atoms with Gasteiger partial charge in [-0.25, -0.2) is 4.98 Å². The van der Waals surface area contributed by atoms with Crippen LogP contribution in [-0.2, 0) is 0 Å². The number of fused-ring (bicyclic) bond motifs is 2. The number of imidazole rings is 1. The molecule has 0 spiro atoms. The first-order valence-electron chi connectivity index (χ1n) is 18.9. The van der Waals surface area contributed by atoms with Crippen LogP contribution in [-0.4, -0.2) is 19.6 Å². The molecule has 8 aromatic rings. The first kappa shape index (κ1) is 35.1. The number of hydrogen-bond donors (Lipinski definition) is 1. The van der Waals surface area contributed by atoms with E-state index in [9.17, 15) is 5.11 Å². The van der Waals surface area contributed by atoms with Gasteiger partial charge in [0.15, 0.2) is 0 Å². The zero-order chi connectivity index (χ0) is 38.0. The largest absolute Gasteiger partial charge is 0.507 e. The van der Waals surface area contributed by atoms with Crippen molar-refractivity contribution in [3.63, 3.8) is 0 Å². The normalized spacial score (nSPS) is 11.7. The van der Waals surface area contributed by atoms with E-state index in [-0.39, 0.29) is 11.7 Å². The summed E-state index contributed by atoms with van der Waals surface area (Å²) in [6.07, 6.45) is 1.89. The zero-order valence-electron chi connectivity index (χ0n) is 32.8. The van der Waals surface area contributed by atoms with Crippen molar-refractivity contribution in [2.75, 3.05) is 0 Å². The molecule has 2 heterocycles. The van der Waals surface area contributed by atoms with E-state index in [1.165, 1.54) is 33.4 Å². The Morgan fingerprint density at radius 2 is 1.15 bits per heavy atom. The van der Waals surface area contributed by atoms with E-state index in [4.69, 9.17) is 9.97 Å². The average molecular weight is 706 g/mol. The number of aryl methyl sites for hydroxylation is 7. The van der Waals surface area contributed by atoms with Gasteiger partial charge in [0, 0.05) is 22.7 Å². The van der Waals surface area contributed by atoms with Crippen molar-refractivity contribution in [3.05, 3.63) is 154 Å². The molecule has 0 fully saturated rings. The lowest BCUT2D eigenvalue weighted by Crippen LogP contribution is -2.04. The quantitative estimate of drug-likeness (QED) is 0.187. The van der Waals surface area contributed by atoms with Crippen LogP contribution in [0.3, 0.4) is 0 Å². The molecule has 2 aromatic heterocycles. The third-order valence-corrected chi connectivity index (χ3v) is 10.8. The summed E-state index contributed by atoms with van der Waals surface area (Å²) in [5.41, 5.74) is 20.7. The highest BCUT2D eigenvalue weighted by molar-refractivity contribution is 6.03. The molecule has 6 aromatic carbocycles. The number of aromatic nitrogens is 3. The minimum atomic E-state index is 0.228. The van der Waals surface area contributed by atoms with E-state index in [1.807, 2.05) is 25.3 Å². The summed E-state index contributed by atoms with van der Waals surface area (Å²) in [6.45, 7) is 19.4. The predicted molar refractivity (Wildman–Crippen MR) is 227 cm³/mol. The minimum Gasteiger partial charge on any atom is -0.507 e. The fraction of sp³-hybridized carbons (Fsp3) is 0.200. The number of rotatable bonds is 6. The van der Waals surface area contributed by atoms with Gasteiger partial charge in [0.1, 0.15) is 11.6 Å². The first-order valence-corrected chi connectivity index (χ1v) is 18.9. The van der Waals surface area contributed by atoms with Gasteiger partial charge in [-0.05, 0) is 135 Å². The number of aromatic hydroxyl groups is 1. The number of hydrogen-bond acceptors (Lipinski definition) is 3. The third-order valence-electron chi connectivity index (χ3n) is 10.8. The molecule has 0 unspecified atom stereocenters. The molecule has 8 rings (SSSR count). The molecule has 1 N–H and O–H groups in total. The number of benzene rings is 6. The van der Waals surface area contributed by atoms with Gasteiger partial charge in [0.25, 0.3) is 0 Å². The zero-order valence-corrected chi connectivity index (χ0v) is 32.8. The molecule has 54 heavy (non-hydrogen) atoms. The average Bonchev–Trinajstić information content (AvgIpc) is 3.50. The van der Waals surface area contributed by atoms with Crippen molar-refractivity contribution < 1.29 is 5.11 Å². The second-order valence-corrected chi connectivity index (χ2v) is 15.6. The highest BCUT2D eigenvalue weighted by Crippen LogP contribution is 2.46. The van der Waals surface area contributed by atoms with Gasteiger partial charge in [-0.1, -0.05) is 103 Å². The molecule has 0 aliphatic heterocycles. The van der Waals surface area contributed by atoms with Crippen molar-refractivity contribution in [1.82, 2.24) is 14.5 Å². The van der Waals surface area contributed by atoms with Crippen molar-refractivity contribution in [1.29, 1.82) is 0 Å². The smallest absolute Gasteiger partial charge is 0.149 e.